The van der Waals surface area contributed by atoms with Crippen LogP contribution in [0.25, 0.3) is 0 Å². The second-order valence-electron chi connectivity index (χ2n) is 7.13. The van der Waals surface area contributed by atoms with Crippen LogP contribution in [-0.4, -0.2) is 48.4 Å². The lowest BCUT2D eigenvalue weighted by molar-refractivity contribution is -0.123. The van der Waals surface area contributed by atoms with Crippen LogP contribution in [0.2, 0.25) is 15.1 Å². The van der Waals surface area contributed by atoms with Gasteiger partial charge in [-0.15, -0.1) is 0 Å². The number of carbonyl (C=O) groups excluding carboxylic acids is 1. The van der Waals surface area contributed by atoms with E-state index in [0.717, 1.165) is 43.3 Å². The topological polar surface area (TPSA) is 35.6 Å². The number of rotatable bonds is 6. The summed E-state index contributed by atoms with van der Waals surface area (Å²) in [7, 11) is 0. The highest BCUT2D eigenvalue weighted by Crippen LogP contribution is 2.26. The predicted molar refractivity (Wildman–Crippen MR) is 116 cm³/mol. The van der Waals surface area contributed by atoms with Crippen molar-refractivity contribution in [2.24, 2.45) is 0 Å². The summed E-state index contributed by atoms with van der Waals surface area (Å²) in [5, 5.41) is 4.94. The lowest BCUT2D eigenvalue weighted by Crippen LogP contribution is -2.49. The van der Waals surface area contributed by atoms with Gasteiger partial charge in [0, 0.05) is 47.8 Å². The molecule has 1 fully saturated rings. The van der Waals surface area contributed by atoms with Crippen LogP contribution < -0.4 is 5.32 Å². The van der Waals surface area contributed by atoms with E-state index in [4.69, 9.17) is 34.8 Å². The van der Waals surface area contributed by atoms with Gasteiger partial charge in [0.05, 0.1) is 12.6 Å². The highest BCUT2D eigenvalue weighted by atomic mass is 35.5. The number of hydrogen-bond donors (Lipinski definition) is 1. The molecule has 1 heterocycles. The molecule has 2 aromatic rings. The number of carbonyl (C=O) groups is 1. The summed E-state index contributed by atoms with van der Waals surface area (Å²) in [6, 6.07) is 13.1. The predicted octanol–water partition coefficient (Wildman–Crippen LogP) is 4.64. The molecule has 2 aromatic carbocycles. The third-order valence-corrected chi connectivity index (χ3v) is 5.77. The number of nitrogens with zero attached hydrogens (tertiary/aromatic N) is 2. The van der Waals surface area contributed by atoms with Gasteiger partial charge in [-0.25, -0.2) is 0 Å². The SMILES string of the molecule is CC(NC(=O)CN1CCN(Cc2ccc(Cl)cc2)CC1)c1ccc(Cl)cc1Cl. The van der Waals surface area contributed by atoms with E-state index in [1.54, 1.807) is 12.1 Å². The Morgan fingerprint density at radius 3 is 2.21 bits per heavy atom. The first-order chi connectivity index (χ1) is 13.4. The Labute approximate surface area is 181 Å². The van der Waals surface area contributed by atoms with Crippen molar-refractivity contribution in [3.05, 3.63) is 68.7 Å². The normalized spacial score (nSPS) is 16.7. The molecule has 1 saturated heterocycles. The summed E-state index contributed by atoms with van der Waals surface area (Å²) >= 11 is 18.1. The molecule has 28 heavy (non-hydrogen) atoms. The third kappa shape index (κ3) is 6.10. The Morgan fingerprint density at radius 1 is 0.964 bits per heavy atom. The number of benzene rings is 2. The third-order valence-electron chi connectivity index (χ3n) is 4.96. The second kappa shape index (κ2) is 9.95. The maximum Gasteiger partial charge on any atom is 0.234 e. The van der Waals surface area contributed by atoms with E-state index in [0.29, 0.717) is 16.6 Å². The first kappa shape index (κ1) is 21.4. The number of piperazine rings is 1. The van der Waals surface area contributed by atoms with Crippen molar-refractivity contribution in [2.75, 3.05) is 32.7 Å². The molecule has 0 bridgehead atoms. The summed E-state index contributed by atoms with van der Waals surface area (Å²) in [5.74, 6) is 0.00432. The fourth-order valence-corrected chi connectivity index (χ4v) is 4.07. The Bertz CT molecular complexity index is 805. The van der Waals surface area contributed by atoms with Crippen LogP contribution >= 0.6 is 34.8 Å². The van der Waals surface area contributed by atoms with Gasteiger partial charge < -0.3 is 5.32 Å². The lowest BCUT2D eigenvalue weighted by Gasteiger charge is -2.34. The molecule has 1 atom stereocenters. The average Bonchev–Trinajstić information content (AvgIpc) is 2.65. The van der Waals surface area contributed by atoms with E-state index in [-0.39, 0.29) is 11.9 Å². The fourth-order valence-electron chi connectivity index (χ4n) is 3.37. The minimum atomic E-state index is -0.163. The van der Waals surface area contributed by atoms with Crippen molar-refractivity contribution in [3.63, 3.8) is 0 Å². The molecule has 0 aromatic heterocycles. The zero-order valence-electron chi connectivity index (χ0n) is 15.8. The molecule has 1 unspecified atom stereocenters. The van der Waals surface area contributed by atoms with Crippen molar-refractivity contribution in [3.8, 4) is 0 Å². The zero-order chi connectivity index (χ0) is 20.1. The van der Waals surface area contributed by atoms with Crippen LogP contribution in [0.3, 0.4) is 0 Å². The second-order valence-corrected chi connectivity index (χ2v) is 8.41. The van der Waals surface area contributed by atoms with Crippen LogP contribution in [-0.2, 0) is 11.3 Å². The Kier molecular flexibility index (Phi) is 7.61. The summed E-state index contributed by atoms with van der Waals surface area (Å²) in [6.07, 6.45) is 0. The van der Waals surface area contributed by atoms with Gasteiger partial charge in [-0.1, -0.05) is 53.0 Å². The van der Waals surface area contributed by atoms with Crippen molar-refractivity contribution >= 4 is 40.7 Å². The van der Waals surface area contributed by atoms with Crippen molar-refractivity contribution in [1.29, 1.82) is 0 Å². The van der Waals surface area contributed by atoms with E-state index >= 15 is 0 Å². The molecule has 3 rings (SSSR count). The van der Waals surface area contributed by atoms with Gasteiger partial charge in [-0.05, 0) is 42.3 Å². The number of nitrogens with one attached hydrogen (secondary N) is 1. The standard InChI is InChI=1S/C21H24Cl3N3O/c1-15(19-7-6-18(23)12-20(19)24)25-21(28)14-27-10-8-26(9-11-27)13-16-2-4-17(22)5-3-16/h2-7,12,15H,8-11,13-14H2,1H3,(H,25,28). The highest BCUT2D eigenvalue weighted by molar-refractivity contribution is 6.35. The molecule has 1 amide bonds. The number of hydrogen-bond acceptors (Lipinski definition) is 3. The first-order valence-corrected chi connectivity index (χ1v) is 10.5. The van der Waals surface area contributed by atoms with Crippen LogP contribution in [0.15, 0.2) is 42.5 Å². The largest absolute Gasteiger partial charge is 0.348 e. The van der Waals surface area contributed by atoms with Crippen LogP contribution in [0.1, 0.15) is 24.1 Å². The highest BCUT2D eigenvalue weighted by Gasteiger charge is 2.20. The van der Waals surface area contributed by atoms with E-state index in [1.165, 1.54) is 5.56 Å². The van der Waals surface area contributed by atoms with Gasteiger partial charge in [0.25, 0.3) is 0 Å². The smallest absolute Gasteiger partial charge is 0.234 e. The Hall–Kier alpha value is -1.30. The fraction of sp³-hybridized carbons (Fsp3) is 0.381. The summed E-state index contributed by atoms with van der Waals surface area (Å²) in [6.45, 7) is 6.85. The van der Waals surface area contributed by atoms with E-state index < -0.39 is 0 Å². The van der Waals surface area contributed by atoms with Crippen LogP contribution in [0.4, 0.5) is 0 Å². The molecule has 4 nitrogen and oxygen atoms in total. The quantitative estimate of drug-likeness (QED) is 0.710. The molecular weight excluding hydrogens is 417 g/mol. The maximum absolute atomic E-state index is 12.4. The zero-order valence-corrected chi connectivity index (χ0v) is 18.1. The molecule has 0 aliphatic carbocycles. The first-order valence-electron chi connectivity index (χ1n) is 9.34. The molecule has 0 saturated carbocycles. The molecule has 1 N–H and O–H groups in total. The molecule has 1 aliphatic rings. The summed E-state index contributed by atoms with van der Waals surface area (Å²) < 4.78 is 0. The summed E-state index contributed by atoms with van der Waals surface area (Å²) in [4.78, 5) is 17.0. The van der Waals surface area contributed by atoms with Crippen molar-refractivity contribution < 1.29 is 4.79 Å². The minimum Gasteiger partial charge on any atom is -0.348 e. The summed E-state index contributed by atoms with van der Waals surface area (Å²) in [5.41, 5.74) is 2.12. The maximum atomic E-state index is 12.4. The molecule has 7 heteroatoms. The number of amides is 1. The van der Waals surface area contributed by atoms with Gasteiger partial charge in [0.15, 0.2) is 0 Å². The van der Waals surface area contributed by atoms with E-state index in [1.807, 2.05) is 25.1 Å². The van der Waals surface area contributed by atoms with E-state index in [2.05, 4.69) is 27.2 Å². The Balaban J connectivity index is 1.43. The monoisotopic (exact) mass is 439 g/mol. The molecule has 150 valence electrons. The molecule has 0 spiro atoms. The van der Waals surface area contributed by atoms with Crippen molar-refractivity contribution in [2.45, 2.75) is 19.5 Å². The molecule has 0 radical (unpaired) electrons. The molecular formula is C21H24Cl3N3O. The van der Waals surface area contributed by atoms with Gasteiger partial charge in [0.1, 0.15) is 0 Å². The van der Waals surface area contributed by atoms with Gasteiger partial charge in [0.2, 0.25) is 5.91 Å². The van der Waals surface area contributed by atoms with Crippen molar-refractivity contribution in [1.82, 2.24) is 15.1 Å². The van der Waals surface area contributed by atoms with Crippen LogP contribution in [0, 0.1) is 0 Å². The van der Waals surface area contributed by atoms with Gasteiger partial charge >= 0.3 is 0 Å². The Morgan fingerprint density at radius 2 is 1.57 bits per heavy atom. The lowest BCUT2D eigenvalue weighted by atomic mass is 10.1. The van der Waals surface area contributed by atoms with E-state index in [9.17, 15) is 4.79 Å². The average molecular weight is 441 g/mol. The molecule has 1 aliphatic heterocycles. The van der Waals surface area contributed by atoms with Gasteiger partial charge in [-0.2, -0.15) is 0 Å². The number of halogens is 3. The minimum absolute atomic E-state index is 0.00432. The van der Waals surface area contributed by atoms with Crippen LogP contribution in [0.5, 0.6) is 0 Å². The van der Waals surface area contributed by atoms with Gasteiger partial charge in [-0.3, -0.25) is 14.6 Å².